The highest BCUT2D eigenvalue weighted by atomic mass is 15.3. The van der Waals surface area contributed by atoms with Gasteiger partial charge >= 0.3 is 0 Å². The molecule has 1 saturated heterocycles. The number of likely N-dealkylation sites (tertiary alicyclic amines) is 1. The van der Waals surface area contributed by atoms with Crippen molar-refractivity contribution < 1.29 is 0 Å². The van der Waals surface area contributed by atoms with Crippen LogP contribution < -0.4 is 5.73 Å². The summed E-state index contributed by atoms with van der Waals surface area (Å²) in [6.07, 6.45) is 4.06. The molecule has 0 bridgehead atoms. The van der Waals surface area contributed by atoms with Crippen molar-refractivity contribution >= 4 is 0 Å². The highest BCUT2D eigenvalue weighted by Gasteiger charge is 2.45. The lowest BCUT2D eigenvalue weighted by Gasteiger charge is -2.43. The average Bonchev–Trinajstić information content (AvgIpc) is 3.07. The maximum atomic E-state index is 6.12. The van der Waals surface area contributed by atoms with E-state index in [9.17, 15) is 0 Å². The molecule has 3 nitrogen and oxygen atoms in total. The zero-order valence-corrected chi connectivity index (χ0v) is 11.9. The van der Waals surface area contributed by atoms with E-state index in [1.54, 1.807) is 0 Å². The van der Waals surface area contributed by atoms with Gasteiger partial charge in [0.2, 0.25) is 0 Å². The second kappa shape index (κ2) is 4.87. The summed E-state index contributed by atoms with van der Waals surface area (Å²) in [5.41, 5.74) is 6.35. The first kappa shape index (κ1) is 13.3. The van der Waals surface area contributed by atoms with Gasteiger partial charge in [-0.2, -0.15) is 0 Å². The number of rotatable bonds is 5. The molecular weight excluding hydrogens is 210 g/mol. The van der Waals surface area contributed by atoms with Gasteiger partial charge in [-0.3, -0.25) is 9.80 Å². The minimum atomic E-state index is 0.228. The van der Waals surface area contributed by atoms with E-state index in [0.717, 1.165) is 12.6 Å². The molecule has 2 N–H and O–H groups in total. The van der Waals surface area contributed by atoms with Gasteiger partial charge in [0, 0.05) is 37.3 Å². The molecule has 0 aromatic heterocycles. The van der Waals surface area contributed by atoms with Crippen LogP contribution >= 0.6 is 0 Å². The number of hydrogen-bond acceptors (Lipinski definition) is 3. The second-order valence-electron chi connectivity index (χ2n) is 6.48. The van der Waals surface area contributed by atoms with E-state index in [-0.39, 0.29) is 5.54 Å². The quantitative estimate of drug-likeness (QED) is 0.790. The Morgan fingerprint density at radius 1 is 1.35 bits per heavy atom. The fourth-order valence-corrected chi connectivity index (χ4v) is 3.12. The Morgan fingerprint density at radius 3 is 2.47 bits per heavy atom. The van der Waals surface area contributed by atoms with E-state index in [0.29, 0.717) is 12.0 Å². The van der Waals surface area contributed by atoms with E-state index in [1.165, 1.54) is 32.4 Å². The summed E-state index contributed by atoms with van der Waals surface area (Å²) in [4.78, 5) is 5.22. The predicted octanol–water partition coefficient (Wildman–Crippen LogP) is 1.53. The van der Waals surface area contributed by atoms with E-state index in [4.69, 9.17) is 5.73 Å². The van der Waals surface area contributed by atoms with Gasteiger partial charge in [0.1, 0.15) is 0 Å². The lowest BCUT2D eigenvalue weighted by molar-refractivity contribution is 0.0673. The van der Waals surface area contributed by atoms with E-state index in [1.807, 2.05) is 0 Å². The first-order valence-electron chi connectivity index (χ1n) is 7.17. The van der Waals surface area contributed by atoms with Crippen molar-refractivity contribution in [2.75, 3.05) is 26.7 Å². The van der Waals surface area contributed by atoms with Crippen molar-refractivity contribution in [2.45, 2.75) is 57.7 Å². The summed E-state index contributed by atoms with van der Waals surface area (Å²) in [6.45, 7) is 10.2. The van der Waals surface area contributed by atoms with Crippen LogP contribution in [-0.2, 0) is 0 Å². The molecule has 3 heteroatoms. The first-order chi connectivity index (χ1) is 8.00. The predicted molar refractivity (Wildman–Crippen MR) is 73.1 cm³/mol. The molecule has 1 aliphatic heterocycles. The molecule has 2 aliphatic rings. The Labute approximate surface area is 106 Å². The van der Waals surface area contributed by atoms with Gasteiger partial charge in [-0.25, -0.2) is 0 Å². The summed E-state index contributed by atoms with van der Waals surface area (Å²) in [6, 6.07) is 1.49. The summed E-state index contributed by atoms with van der Waals surface area (Å²) in [5.74, 6) is 0.693. The molecule has 1 heterocycles. The number of hydrogen-bond donors (Lipinski definition) is 1. The zero-order valence-electron chi connectivity index (χ0n) is 11.9. The Kier molecular flexibility index (Phi) is 3.81. The van der Waals surface area contributed by atoms with Crippen molar-refractivity contribution in [1.82, 2.24) is 9.80 Å². The van der Waals surface area contributed by atoms with Gasteiger partial charge in [-0.1, -0.05) is 13.8 Å². The van der Waals surface area contributed by atoms with Crippen molar-refractivity contribution in [3.8, 4) is 0 Å². The van der Waals surface area contributed by atoms with Crippen molar-refractivity contribution in [3.05, 3.63) is 0 Å². The fraction of sp³-hybridized carbons (Fsp3) is 1.00. The second-order valence-corrected chi connectivity index (χ2v) is 6.48. The molecule has 1 saturated carbocycles. The van der Waals surface area contributed by atoms with Crippen LogP contribution in [0.15, 0.2) is 0 Å². The lowest BCUT2D eigenvalue weighted by atomic mass is 9.92. The molecule has 2 rings (SSSR count). The van der Waals surface area contributed by atoms with Gasteiger partial charge in [0.15, 0.2) is 0 Å². The van der Waals surface area contributed by atoms with Gasteiger partial charge in [0.25, 0.3) is 0 Å². The minimum absolute atomic E-state index is 0.228. The standard InChI is InChI=1S/C14H29N3/c1-11(2)12(3)16(4)14(9-15)7-8-17(10-14)13-5-6-13/h11-13H,5-10,15H2,1-4H3. The first-order valence-corrected chi connectivity index (χ1v) is 7.17. The topological polar surface area (TPSA) is 32.5 Å². The molecule has 0 spiro atoms. The van der Waals surface area contributed by atoms with Crippen LogP contribution in [0.4, 0.5) is 0 Å². The molecule has 1 aliphatic carbocycles. The van der Waals surface area contributed by atoms with Crippen LogP contribution in [0.3, 0.4) is 0 Å². The summed E-state index contributed by atoms with van der Waals surface area (Å²) in [7, 11) is 2.27. The van der Waals surface area contributed by atoms with E-state index in [2.05, 4.69) is 37.6 Å². The van der Waals surface area contributed by atoms with Crippen LogP contribution in [0, 0.1) is 5.92 Å². The van der Waals surface area contributed by atoms with Gasteiger partial charge < -0.3 is 5.73 Å². The minimum Gasteiger partial charge on any atom is -0.329 e. The molecule has 0 amide bonds. The highest BCUT2D eigenvalue weighted by Crippen LogP contribution is 2.36. The SMILES string of the molecule is CC(C)C(C)N(C)C1(CN)CCN(C2CC2)C1. The Hall–Kier alpha value is -0.120. The Morgan fingerprint density at radius 2 is 2.00 bits per heavy atom. The van der Waals surface area contributed by atoms with Gasteiger partial charge in [-0.05, 0) is 39.2 Å². The molecule has 100 valence electrons. The van der Waals surface area contributed by atoms with Gasteiger partial charge in [-0.15, -0.1) is 0 Å². The molecule has 2 unspecified atom stereocenters. The zero-order chi connectivity index (χ0) is 12.6. The smallest absolute Gasteiger partial charge is 0.0470 e. The maximum absolute atomic E-state index is 6.12. The van der Waals surface area contributed by atoms with E-state index < -0.39 is 0 Å². The number of nitrogens with zero attached hydrogens (tertiary/aromatic N) is 2. The Bertz CT molecular complexity index is 262. The number of likely N-dealkylation sites (N-methyl/N-ethyl adjacent to an activating group) is 1. The normalized spacial score (nSPS) is 32.6. The highest BCUT2D eigenvalue weighted by molar-refractivity contribution is 5.04. The van der Waals surface area contributed by atoms with Gasteiger partial charge in [0.05, 0.1) is 0 Å². The largest absolute Gasteiger partial charge is 0.329 e. The molecule has 17 heavy (non-hydrogen) atoms. The van der Waals surface area contributed by atoms with Crippen LogP contribution in [-0.4, -0.2) is 54.1 Å². The average molecular weight is 239 g/mol. The molecule has 2 atom stereocenters. The van der Waals surface area contributed by atoms with Crippen molar-refractivity contribution in [1.29, 1.82) is 0 Å². The van der Waals surface area contributed by atoms with Crippen LogP contribution in [0.2, 0.25) is 0 Å². The third-order valence-electron chi connectivity index (χ3n) is 5.13. The Balaban J connectivity index is 2.03. The van der Waals surface area contributed by atoms with Crippen LogP contribution in [0.25, 0.3) is 0 Å². The van der Waals surface area contributed by atoms with Crippen LogP contribution in [0.1, 0.15) is 40.0 Å². The fourth-order valence-electron chi connectivity index (χ4n) is 3.12. The summed E-state index contributed by atoms with van der Waals surface area (Å²) >= 11 is 0. The van der Waals surface area contributed by atoms with Crippen LogP contribution in [0.5, 0.6) is 0 Å². The molecule has 2 fully saturated rings. The van der Waals surface area contributed by atoms with Crippen molar-refractivity contribution in [3.63, 3.8) is 0 Å². The van der Waals surface area contributed by atoms with E-state index >= 15 is 0 Å². The molecule has 0 radical (unpaired) electrons. The maximum Gasteiger partial charge on any atom is 0.0470 e. The summed E-state index contributed by atoms with van der Waals surface area (Å²) in [5, 5.41) is 0. The summed E-state index contributed by atoms with van der Waals surface area (Å²) < 4.78 is 0. The monoisotopic (exact) mass is 239 g/mol. The third-order valence-corrected chi connectivity index (χ3v) is 5.13. The molecular formula is C14H29N3. The molecule has 0 aromatic carbocycles. The number of nitrogens with two attached hydrogens (primary N) is 1. The lowest BCUT2D eigenvalue weighted by Crippen LogP contribution is -2.58. The molecule has 0 aromatic rings. The third kappa shape index (κ3) is 2.51. The van der Waals surface area contributed by atoms with Crippen molar-refractivity contribution in [2.24, 2.45) is 11.7 Å².